The lowest BCUT2D eigenvalue weighted by Gasteiger charge is -2.26. The van der Waals surface area contributed by atoms with Crippen molar-refractivity contribution < 1.29 is 9.84 Å². The number of thiophene rings is 1. The van der Waals surface area contributed by atoms with Gasteiger partial charge < -0.3 is 9.84 Å². The van der Waals surface area contributed by atoms with E-state index in [1.165, 1.54) is 28.8 Å². The van der Waals surface area contributed by atoms with Crippen molar-refractivity contribution in [2.45, 2.75) is 25.0 Å². The Labute approximate surface area is 164 Å². The maximum Gasteiger partial charge on any atom is 0.119 e. The summed E-state index contributed by atoms with van der Waals surface area (Å²) in [6.07, 6.45) is 1.88. The van der Waals surface area contributed by atoms with Crippen LogP contribution in [0.3, 0.4) is 0 Å². The summed E-state index contributed by atoms with van der Waals surface area (Å²) >= 11 is 1.81. The summed E-state index contributed by atoms with van der Waals surface area (Å²) in [5.41, 5.74) is 2.36. The van der Waals surface area contributed by atoms with Crippen LogP contribution < -0.4 is 4.74 Å². The number of β-amino-alcohol motifs (C(OH)–C–C–N with tert-alkyl or cyclic N) is 1. The molecule has 1 aliphatic rings. The van der Waals surface area contributed by atoms with Crippen molar-refractivity contribution in [1.29, 1.82) is 0 Å². The normalized spacial score (nSPS) is 18.5. The van der Waals surface area contributed by atoms with Crippen LogP contribution in [0.15, 0.2) is 72.1 Å². The Morgan fingerprint density at radius 2 is 1.78 bits per heavy atom. The average molecular weight is 380 g/mol. The number of ether oxygens (including phenoxy) is 1. The van der Waals surface area contributed by atoms with E-state index < -0.39 is 6.10 Å². The molecule has 4 heteroatoms. The minimum atomic E-state index is -0.487. The lowest BCUT2D eigenvalue weighted by atomic mass is 10.1. The van der Waals surface area contributed by atoms with Gasteiger partial charge in [0, 0.05) is 17.5 Å². The Bertz CT molecular complexity index is 817. The molecule has 0 aliphatic carbocycles. The third-order valence-electron chi connectivity index (χ3n) is 5.08. The molecule has 3 aromatic rings. The molecule has 3 nitrogen and oxygen atoms in total. The minimum Gasteiger partial charge on any atom is -0.491 e. The van der Waals surface area contributed by atoms with Gasteiger partial charge in [-0.1, -0.05) is 48.5 Å². The van der Waals surface area contributed by atoms with Crippen LogP contribution in [-0.2, 0) is 0 Å². The van der Waals surface area contributed by atoms with Crippen LogP contribution in [0.1, 0.15) is 23.8 Å². The molecular weight excluding hydrogens is 354 g/mol. The molecule has 27 heavy (non-hydrogen) atoms. The minimum absolute atomic E-state index is 0.318. The summed E-state index contributed by atoms with van der Waals surface area (Å²) in [4.78, 5) is 3.79. The van der Waals surface area contributed by atoms with E-state index in [-0.39, 0.29) is 0 Å². The largest absolute Gasteiger partial charge is 0.491 e. The first-order valence-electron chi connectivity index (χ1n) is 9.53. The second-order valence-corrected chi connectivity index (χ2v) is 8.00. The summed E-state index contributed by atoms with van der Waals surface area (Å²) in [5.74, 6) is 0.796. The van der Waals surface area contributed by atoms with Gasteiger partial charge in [0.25, 0.3) is 0 Å². The fourth-order valence-corrected chi connectivity index (χ4v) is 4.63. The lowest BCUT2D eigenvalue weighted by molar-refractivity contribution is 0.0643. The van der Waals surface area contributed by atoms with Crippen LogP contribution in [0.25, 0.3) is 11.1 Å². The number of hydrogen-bond acceptors (Lipinski definition) is 4. The van der Waals surface area contributed by atoms with Gasteiger partial charge in [-0.05, 0) is 54.1 Å². The van der Waals surface area contributed by atoms with Gasteiger partial charge >= 0.3 is 0 Å². The number of aliphatic hydroxyl groups excluding tert-OH is 1. The Morgan fingerprint density at radius 1 is 1.00 bits per heavy atom. The maximum atomic E-state index is 10.5. The number of aliphatic hydroxyl groups is 1. The number of nitrogens with zero attached hydrogens (tertiary/aromatic N) is 1. The van der Waals surface area contributed by atoms with Crippen molar-refractivity contribution in [3.63, 3.8) is 0 Å². The first-order chi connectivity index (χ1) is 13.3. The molecule has 140 valence electrons. The number of hydrogen-bond donors (Lipinski definition) is 1. The van der Waals surface area contributed by atoms with Gasteiger partial charge in [0.15, 0.2) is 0 Å². The SMILES string of the molecule is OC(COc1ccc(-c2ccccc2)cc1)CN1CCCC1c1cccs1. The monoisotopic (exact) mass is 379 g/mol. The summed E-state index contributed by atoms with van der Waals surface area (Å²) in [7, 11) is 0. The van der Waals surface area contributed by atoms with Crippen LogP contribution >= 0.6 is 11.3 Å². The van der Waals surface area contributed by atoms with Crippen LogP contribution in [-0.4, -0.2) is 35.8 Å². The van der Waals surface area contributed by atoms with E-state index in [1.807, 2.05) is 30.3 Å². The van der Waals surface area contributed by atoms with Gasteiger partial charge in [-0.25, -0.2) is 0 Å². The summed E-state index contributed by atoms with van der Waals surface area (Å²) in [6.45, 7) is 2.02. The molecule has 0 saturated carbocycles. The Morgan fingerprint density at radius 3 is 2.52 bits per heavy atom. The van der Waals surface area contributed by atoms with E-state index in [4.69, 9.17) is 4.74 Å². The predicted octanol–water partition coefficient (Wildman–Crippen LogP) is 4.99. The molecule has 2 atom stereocenters. The summed E-state index contributed by atoms with van der Waals surface area (Å²) in [5, 5.41) is 12.6. The topological polar surface area (TPSA) is 32.7 Å². The predicted molar refractivity (Wildman–Crippen MR) is 111 cm³/mol. The number of benzene rings is 2. The second kappa shape index (κ2) is 8.70. The van der Waals surface area contributed by atoms with Crippen LogP contribution in [0.5, 0.6) is 5.75 Å². The van der Waals surface area contributed by atoms with Crippen molar-refractivity contribution in [3.05, 3.63) is 77.0 Å². The van der Waals surface area contributed by atoms with Crippen molar-refractivity contribution >= 4 is 11.3 Å². The lowest BCUT2D eigenvalue weighted by Crippen LogP contribution is -2.35. The van der Waals surface area contributed by atoms with E-state index in [0.29, 0.717) is 19.2 Å². The van der Waals surface area contributed by atoms with E-state index in [2.05, 4.69) is 46.7 Å². The zero-order valence-electron chi connectivity index (χ0n) is 15.3. The molecule has 2 unspecified atom stereocenters. The zero-order valence-corrected chi connectivity index (χ0v) is 16.1. The van der Waals surface area contributed by atoms with Gasteiger partial charge in [-0.2, -0.15) is 0 Å². The van der Waals surface area contributed by atoms with Gasteiger partial charge in [0.1, 0.15) is 18.5 Å². The molecule has 1 aliphatic heterocycles. The number of likely N-dealkylation sites (tertiary alicyclic amines) is 1. The zero-order chi connectivity index (χ0) is 18.5. The second-order valence-electron chi connectivity index (χ2n) is 7.02. The summed E-state index contributed by atoms with van der Waals surface area (Å²) in [6, 6.07) is 23.1. The maximum absolute atomic E-state index is 10.5. The fourth-order valence-electron chi connectivity index (χ4n) is 3.74. The highest BCUT2D eigenvalue weighted by molar-refractivity contribution is 7.10. The first-order valence-corrected chi connectivity index (χ1v) is 10.4. The first kappa shape index (κ1) is 18.2. The van der Waals surface area contributed by atoms with Gasteiger partial charge in [0.2, 0.25) is 0 Å². The highest BCUT2D eigenvalue weighted by Gasteiger charge is 2.28. The van der Waals surface area contributed by atoms with Crippen LogP contribution in [0, 0.1) is 0 Å². The highest BCUT2D eigenvalue weighted by Crippen LogP contribution is 2.34. The van der Waals surface area contributed by atoms with Gasteiger partial charge in [0.05, 0.1) is 0 Å². The molecule has 0 bridgehead atoms. The van der Waals surface area contributed by atoms with Crippen molar-refractivity contribution in [2.75, 3.05) is 19.7 Å². The smallest absolute Gasteiger partial charge is 0.119 e. The van der Waals surface area contributed by atoms with E-state index in [9.17, 15) is 5.11 Å². The van der Waals surface area contributed by atoms with Crippen molar-refractivity contribution in [1.82, 2.24) is 4.90 Å². The number of rotatable bonds is 7. The third kappa shape index (κ3) is 4.59. The van der Waals surface area contributed by atoms with Crippen molar-refractivity contribution in [3.8, 4) is 16.9 Å². The molecule has 0 spiro atoms. The Kier molecular flexibility index (Phi) is 5.87. The Hall–Kier alpha value is -2.14. The third-order valence-corrected chi connectivity index (χ3v) is 6.06. The standard InChI is InChI=1S/C23H25NO2S/c25-20(16-24-14-4-8-22(24)23-9-5-15-27-23)17-26-21-12-10-19(11-13-21)18-6-2-1-3-7-18/h1-3,5-7,9-13,15,20,22,25H,4,8,14,16-17H2. The molecule has 1 saturated heterocycles. The van der Waals surface area contributed by atoms with Crippen LogP contribution in [0.4, 0.5) is 0 Å². The molecular formula is C23H25NO2S. The van der Waals surface area contributed by atoms with Crippen LogP contribution in [0.2, 0.25) is 0 Å². The molecule has 1 fully saturated rings. The van der Waals surface area contributed by atoms with Gasteiger partial charge in [-0.15, -0.1) is 11.3 Å². The molecule has 1 aromatic heterocycles. The summed E-state index contributed by atoms with van der Waals surface area (Å²) < 4.78 is 5.82. The van der Waals surface area contributed by atoms with E-state index >= 15 is 0 Å². The fraction of sp³-hybridized carbons (Fsp3) is 0.304. The molecule has 2 aromatic carbocycles. The van der Waals surface area contributed by atoms with E-state index in [0.717, 1.165) is 12.3 Å². The van der Waals surface area contributed by atoms with E-state index in [1.54, 1.807) is 11.3 Å². The molecule has 0 radical (unpaired) electrons. The quantitative estimate of drug-likeness (QED) is 0.628. The molecule has 4 rings (SSSR count). The van der Waals surface area contributed by atoms with Gasteiger partial charge in [-0.3, -0.25) is 4.90 Å². The molecule has 2 heterocycles. The molecule has 1 N–H and O–H groups in total. The molecule has 0 amide bonds. The van der Waals surface area contributed by atoms with Crippen molar-refractivity contribution in [2.24, 2.45) is 0 Å². The Balaban J connectivity index is 1.29. The average Bonchev–Trinajstić information content (AvgIpc) is 3.39. The highest BCUT2D eigenvalue weighted by atomic mass is 32.1.